The van der Waals surface area contributed by atoms with Gasteiger partial charge in [0, 0.05) is 0 Å². The molecule has 0 spiro atoms. The van der Waals surface area contributed by atoms with Crippen molar-refractivity contribution in [1.82, 2.24) is 0 Å². The Hall–Kier alpha value is 1.46. The molecule has 6 heteroatoms. The van der Waals surface area contributed by atoms with Gasteiger partial charge in [0.2, 0.25) is 0 Å². The van der Waals surface area contributed by atoms with E-state index in [0.29, 0.717) is 0 Å². The summed E-state index contributed by atoms with van der Waals surface area (Å²) in [6, 6.07) is 0. The predicted octanol–water partition coefficient (Wildman–Crippen LogP) is 1.92. The molecule has 0 unspecified atom stereocenters. The molecular formula is C12H25NdO4P-. The summed E-state index contributed by atoms with van der Waals surface area (Å²) in [6.07, 6.45) is 13.9. The van der Waals surface area contributed by atoms with Crippen molar-refractivity contribution in [3.05, 3.63) is 6.92 Å². The van der Waals surface area contributed by atoms with Gasteiger partial charge >= 0.3 is 40.8 Å². The summed E-state index contributed by atoms with van der Waals surface area (Å²) < 4.78 is 8.55. The molecule has 0 aliphatic rings. The van der Waals surface area contributed by atoms with E-state index < -0.39 is 7.82 Å². The zero-order valence-electron chi connectivity index (χ0n) is 11.4. The van der Waals surface area contributed by atoms with Crippen LogP contribution in [-0.2, 0) is 4.57 Å². The Morgan fingerprint density at radius 3 is 1.39 bits per heavy atom. The van der Waals surface area contributed by atoms with E-state index in [-0.39, 0.29) is 40.8 Å². The molecule has 0 saturated heterocycles. The van der Waals surface area contributed by atoms with Crippen molar-refractivity contribution in [2.75, 3.05) is 0 Å². The van der Waals surface area contributed by atoms with Gasteiger partial charge in [0.25, 0.3) is 0 Å². The Balaban J connectivity index is -0.000000321. The van der Waals surface area contributed by atoms with Gasteiger partial charge in [0.05, 0.1) is 0 Å². The van der Waals surface area contributed by atoms with Crippen LogP contribution in [0, 0.1) is 47.8 Å². The van der Waals surface area contributed by atoms with Gasteiger partial charge in [-0.2, -0.15) is 14.2 Å². The third-order valence-corrected chi connectivity index (χ3v) is 2.35. The van der Waals surface area contributed by atoms with Crippen LogP contribution in [0.15, 0.2) is 0 Å². The molecule has 0 N–H and O–H groups in total. The van der Waals surface area contributed by atoms with E-state index in [1.807, 2.05) is 0 Å². The molecule has 0 saturated carbocycles. The molecule has 0 atom stereocenters. The van der Waals surface area contributed by atoms with Crippen LogP contribution in [0.5, 0.6) is 0 Å². The SMILES string of the molecule is O=P([O-])([O-])[O-].[CH2-]CCCCCCCCCCC.[Nd+3]. The summed E-state index contributed by atoms with van der Waals surface area (Å²) in [5.41, 5.74) is 0. The fourth-order valence-corrected chi connectivity index (χ4v) is 1.49. The maximum atomic E-state index is 8.55. The van der Waals surface area contributed by atoms with Crippen molar-refractivity contribution in [3.8, 4) is 0 Å². The average Bonchev–Trinajstić information content (AvgIpc) is 2.20. The topological polar surface area (TPSA) is 86.2 Å². The molecule has 0 fully saturated rings. The van der Waals surface area contributed by atoms with Gasteiger partial charge in [-0.1, -0.05) is 64.7 Å². The van der Waals surface area contributed by atoms with Gasteiger partial charge in [-0.05, 0) is 0 Å². The molecule has 0 aromatic heterocycles. The summed E-state index contributed by atoms with van der Waals surface area (Å²) in [4.78, 5) is 25.6. The molecule has 1 radical (unpaired) electrons. The van der Waals surface area contributed by atoms with E-state index in [1.165, 1.54) is 57.8 Å². The summed E-state index contributed by atoms with van der Waals surface area (Å²) in [5, 5.41) is 0. The van der Waals surface area contributed by atoms with E-state index in [2.05, 4.69) is 13.8 Å². The molecule has 0 aromatic rings. The predicted molar refractivity (Wildman–Crippen MR) is 64.8 cm³/mol. The van der Waals surface area contributed by atoms with Crippen LogP contribution in [0.25, 0.3) is 0 Å². The molecule has 0 bridgehead atoms. The van der Waals surface area contributed by atoms with Crippen molar-refractivity contribution >= 4 is 7.82 Å². The van der Waals surface area contributed by atoms with Crippen LogP contribution in [0.1, 0.15) is 71.1 Å². The van der Waals surface area contributed by atoms with E-state index >= 15 is 0 Å². The Labute approximate surface area is 145 Å². The molecular weight excluding hydrogens is 383 g/mol. The molecule has 18 heavy (non-hydrogen) atoms. The van der Waals surface area contributed by atoms with Crippen LogP contribution < -0.4 is 14.7 Å². The van der Waals surface area contributed by atoms with Gasteiger partial charge in [0.1, 0.15) is 0 Å². The Morgan fingerprint density at radius 1 is 0.833 bits per heavy atom. The first-order valence-electron chi connectivity index (χ1n) is 6.44. The van der Waals surface area contributed by atoms with Crippen molar-refractivity contribution in [2.45, 2.75) is 71.1 Å². The average molecular weight is 409 g/mol. The normalized spacial score (nSPS) is 10.3. The zero-order chi connectivity index (χ0) is 13.6. The molecule has 0 amide bonds. The van der Waals surface area contributed by atoms with Crippen molar-refractivity contribution in [1.29, 1.82) is 0 Å². The second-order valence-corrected chi connectivity index (χ2v) is 5.02. The standard InChI is InChI=1S/C12H25.Nd.H3O4P/c1-3-5-7-9-11-12-10-8-6-4-2;;1-5(2,3)4/h1,3-12H2,2H3;;(H3,1,2,3,4)/q-1;+3;/p-3. The minimum absolute atomic E-state index is 0. The minimum Gasteiger partial charge on any atom is -0.822 e. The molecule has 0 aliphatic carbocycles. The maximum Gasteiger partial charge on any atom is 3.00 e. The van der Waals surface area contributed by atoms with Gasteiger partial charge in [-0.3, -0.25) is 0 Å². The first-order valence-corrected chi connectivity index (χ1v) is 7.90. The summed E-state index contributed by atoms with van der Waals surface area (Å²) in [7, 11) is -5.39. The van der Waals surface area contributed by atoms with E-state index in [1.54, 1.807) is 0 Å². The number of hydrogen-bond acceptors (Lipinski definition) is 4. The maximum absolute atomic E-state index is 8.55. The summed E-state index contributed by atoms with van der Waals surface area (Å²) >= 11 is 0. The quantitative estimate of drug-likeness (QED) is 0.331. The summed E-state index contributed by atoms with van der Waals surface area (Å²) in [6.45, 7) is 6.12. The zero-order valence-corrected chi connectivity index (χ0v) is 15.5. The number of unbranched alkanes of at least 4 members (excludes halogenated alkanes) is 9. The Bertz CT molecular complexity index is 167. The largest absolute Gasteiger partial charge is 3.00 e. The monoisotopic (exact) mass is 406 g/mol. The van der Waals surface area contributed by atoms with Crippen LogP contribution in [-0.4, -0.2) is 0 Å². The van der Waals surface area contributed by atoms with Crippen LogP contribution in [0.3, 0.4) is 0 Å². The molecule has 107 valence electrons. The fourth-order valence-electron chi connectivity index (χ4n) is 1.49. The third-order valence-electron chi connectivity index (χ3n) is 2.35. The number of hydrogen-bond donors (Lipinski definition) is 0. The minimum atomic E-state index is -5.39. The molecule has 0 aromatic carbocycles. The third kappa shape index (κ3) is 43.2. The second-order valence-electron chi connectivity index (χ2n) is 4.13. The fraction of sp³-hybridized carbons (Fsp3) is 0.917. The van der Waals surface area contributed by atoms with Crippen molar-refractivity contribution in [2.24, 2.45) is 0 Å². The van der Waals surface area contributed by atoms with Gasteiger partial charge in [-0.25, -0.2) is 0 Å². The molecule has 0 rings (SSSR count). The summed E-state index contributed by atoms with van der Waals surface area (Å²) in [5.74, 6) is 0. The van der Waals surface area contributed by atoms with E-state index in [9.17, 15) is 0 Å². The van der Waals surface area contributed by atoms with Gasteiger partial charge in [-0.15, -0.1) is 0 Å². The van der Waals surface area contributed by atoms with Crippen LogP contribution in [0.2, 0.25) is 0 Å². The molecule has 0 heterocycles. The second kappa shape index (κ2) is 18.5. The van der Waals surface area contributed by atoms with E-state index in [0.717, 1.165) is 6.42 Å². The first kappa shape index (κ1) is 24.5. The van der Waals surface area contributed by atoms with Gasteiger partial charge < -0.3 is 26.2 Å². The van der Waals surface area contributed by atoms with E-state index in [4.69, 9.17) is 19.2 Å². The molecule has 4 nitrogen and oxygen atoms in total. The first-order chi connectivity index (χ1) is 7.91. The van der Waals surface area contributed by atoms with Crippen LogP contribution in [0.4, 0.5) is 0 Å². The Kier molecular flexibility index (Phi) is 25.1. The molecule has 0 aliphatic heterocycles. The Morgan fingerprint density at radius 2 is 1.11 bits per heavy atom. The van der Waals surface area contributed by atoms with Crippen molar-refractivity contribution in [3.63, 3.8) is 0 Å². The number of rotatable bonds is 9. The number of phosphoric acid groups is 1. The van der Waals surface area contributed by atoms with Crippen molar-refractivity contribution < 1.29 is 60.1 Å². The van der Waals surface area contributed by atoms with Gasteiger partial charge in [0.15, 0.2) is 0 Å². The smallest absolute Gasteiger partial charge is 0.822 e. The van der Waals surface area contributed by atoms with Crippen LogP contribution >= 0.6 is 7.82 Å².